The SMILES string of the molecule is CCC(C#N)N1CCN(C(=O)c2ccon2)CC1. The molecule has 0 aliphatic carbocycles. The van der Waals surface area contributed by atoms with E-state index >= 15 is 0 Å². The van der Waals surface area contributed by atoms with Gasteiger partial charge in [0.2, 0.25) is 0 Å². The van der Waals surface area contributed by atoms with E-state index in [0.717, 1.165) is 19.5 Å². The molecule has 1 aromatic heterocycles. The molecule has 1 aromatic rings. The van der Waals surface area contributed by atoms with Gasteiger partial charge in [-0.1, -0.05) is 12.1 Å². The van der Waals surface area contributed by atoms with Gasteiger partial charge < -0.3 is 9.42 Å². The topological polar surface area (TPSA) is 73.4 Å². The minimum atomic E-state index is -0.103. The van der Waals surface area contributed by atoms with Gasteiger partial charge in [0, 0.05) is 32.2 Å². The Morgan fingerprint density at radius 3 is 2.78 bits per heavy atom. The van der Waals surface area contributed by atoms with Crippen LogP contribution in [0, 0.1) is 11.3 Å². The summed E-state index contributed by atoms with van der Waals surface area (Å²) in [7, 11) is 0. The summed E-state index contributed by atoms with van der Waals surface area (Å²) in [6.45, 7) is 4.72. The van der Waals surface area contributed by atoms with Crippen LogP contribution in [0.2, 0.25) is 0 Å². The molecule has 0 aromatic carbocycles. The maximum atomic E-state index is 12.0. The van der Waals surface area contributed by atoms with Crippen molar-refractivity contribution in [3.8, 4) is 6.07 Å². The minimum absolute atomic E-state index is 0.0469. The fourth-order valence-electron chi connectivity index (χ4n) is 2.15. The number of hydrogen-bond donors (Lipinski definition) is 0. The van der Waals surface area contributed by atoms with Crippen LogP contribution < -0.4 is 0 Å². The Kier molecular flexibility index (Phi) is 3.95. The summed E-state index contributed by atoms with van der Waals surface area (Å²) in [6.07, 6.45) is 2.21. The second kappa shape index (κ2) is 5.65. The van der Waals surface area contributed by atoms with E-state index in [1.165, 1.54) is 6.26 Å². The van der Waals surface area contributed by atoms with Crippen molar-refractivity contribution in [3.63, 3.8) is 0 Å². The number of hydrogen-bond acceptors (Lipinski definition) is 5. The van der Waals surface area contributed by atoms with Crippen molar-refractivity contribution in [3.05, 3.63) is 18.0 Å². The molecule has 6 heteroatoms. The Morgan fingerprint density at radius 1 is 1.56 bits per heavy atom. The van der Waals surface area contributed by atoms with E-state index in [1.54, 1.807) is 11.0 Å². The fourth-order valence-corrected chi connectivity index (χ4v) is 2.15. The molecule has 1 aliphatic rings. The lowest BCUT2D eigenvalue weighted by Crippen LogP contribution is -2.51. The van der Waals surface area contributed by atoms with E-state index in [2.05, 4.69) is 20.6 Å². The normalized spacial score (nSPS) is 18.3. The van der Waals surface area contributed by atoms with Crippen LogP contribution in [0.1, 0.15) is 23.8 Å². The Labute approximate surface area is 106 Å². The molecule has 0 spiro atoms. The van der Waals surface area contributed by atoms with Gasteiger partial charge in [0.05, 0.1) is 12.1 Å². The Balaban J connectivity index is 1.91. The lowest BCUT2D eigenvalue weighted by Gasteiger charge is -2.36. The van der Waals surface area contributed by atoms with Crippen molar-refractivity contribution >= 4 is 5.91 Å². The lowest BCUT2D eigenvalue weighted by atomic mass is 10.2. The molecule has 0 bridgehead atoms. The first-order valence-corrected chi connectivity index (χ1v) is 6.09. The van der Waals surface area contributed by atoms with Crippen LogP contribution >= 0.6 is 0 Å². The van der Waals surface area contributed by atoms with Crippen molar-refractivity contribution in [1.82, 2.24) is 15.0 Å². The molecular formula is C12H16N4O2. The molecule has 2 rings (SSSR count). The van der Waals surface area contributed by atoms with Gasteiger partial charge in [0.1, 0.15) is 6.26 Å². The molecule has 1 amide bonds. The predicted octanol–water partition coefficient (Wildman–Crippen LogP) is 0.735. The summed E-state index contributed by atoms with van der Waals surface area (Å²) in [5, 5.41) is 12.7. The second-order valence-electron chi connectivity index (χ2n) is 4.27. The smallest absolute Gasteiger partial charge is 0.276 e. The van der Waals surface area contributed by atoms with Crippen LogP contribution in [0.3, 0.4) is 0 Å². The first-order valence-electron chi connectivity index (χ1n) is 6.09. The average Bonchev–Trinajstić information content (AvgIpc) is 2.94. The molecule has 2 heterocycles. The second-order valence-corrected chi connectivity index (χ2v) is 4.27. The predicted molar refractivity (Wildman–Crippen MR) is 63.7 cm³/mol. The van der Waals surface area contributed by atoms with E-state index in [4.69, 9.17) is 5.26 Å². The lowest BCUT2D eigenvalue weighted by molar-refractivity contribution is 0.0595. The van der Waals surface area contributed by atoms with Gasteiger partial charge in [-0.05, 0) is 6.42 Å². The maximum absolute atomic E-state index is 12.0. The van der Waals surface area contributed by atoms with Gasteiger partial charge in [0.25, 0.3) is 5.91 Å². The van der Waals surface area contributed by atoms with Crippen molar-refractivity contribution in [2.24, 2.45) is 0 Å². The number of carbonyl (C=O) groups is 1. The number of piperazine rings is 1. The number of amides is 1. The molecule has 6 nitrogen and oxygen atoms in total. The zero-order chi connectivity index (χ0) is 13.0. The standard InChI is InChI=1S/C12H16N4O2/c1-2-10(9-13)15-4-6-16(7-5-15)12(17)11-3-8-18-14-11/h3,8,10H,2,4-7H2,1H3. The van der Waals surface area contributed by atoms with Gasteiger partial charge in [-0.25, -0.2) is 0 Å². The van der Waals surface area contributed by atoms with Gasteiger partial charge in [-0.3, -0.25) is 9.69 Å². The summed E-state index contributed by atoms with van der Waals surface area (Å²) in [6, 6.07) is 3.81. The number of carbonyl (C=O) groups excluding carboxylic acids is 1. The molecule has 1 atom stereocenters. The molecule has 1 fully saturated rings. The molecule has 0 radical (unpaired) electrons. The first-order chi connectivity index (χ1) is 8.76. The van der Waals surface area contributed by atoms with E-state index in [-0.39, 0.29) is 11.9 Å². The summed E-state index contributed by atoms with van der Waals surface area (Å²) in [5.41, 5.74) is 0.343. The number of aromatic nitrogens is 1. The highest BCUT2D eigenvalue weighted by atomic mass is 16.5. The summed E-state index contributed by atoms with van der Waals surface area (Å²) >= 11 is 0. The molecule has 1 aliphatic heterocycles. The Bertz CT molecular complexity index is 429. The molecule has 0 saturated carbocycles. The maximum Gasteiger partial charge on any atom is 0.276 e. The largest absolute Gasteiger partial charge is 0.364 e. The van der Waals surface area contributed by atoms with E-state index in [9.17, 15) is 4.79 Å². The highest BCUT2D eigenvalue weighted by Crippen LogP contribution is 2.11. The van der Waals surface area contributed by atoms with Crippen LogP contribution in [0.4, 0.5) is 0 Å². The van der Waals surface area contributed by atoms with Crippen LogP contribution in [0.15, 0.2) is 16.9 Å². The molecule has 1 unspecified atom stereocenters. The quantitative estimate of drug-likeness (QED) is 0.788. The highest BCUT2D eigenvalue weighted by molar-refractivity contribution is 5.92. The van der Waals surface area contributed by atoms with Crippen molar-refractivity contribution < 1.29 is 9.32 Å². The van der Waals surface area contributed by atoms with Crippen LogP contribution in [-0.4, -0.2) is 53.1 Å². The number of nitrogens with zero attached hydrogens (tertiary/aromatic N) is 4. The third-order valence-electron chi connectivity index (χ3n) is 3.23. The van der Waals surface area contributed by atoms with Crippen LogP contribution in [-0.2, 0) is 0 Å². The molecule has 18 heavy (non-hydrogen) atoms. The van der Waals surface area contributed by atoms with Crippen molar-refractivity contribution in [2.45, 2.75) is 19.4 Å². The summed E-state index contributed by atoms with van der Waals surface area (Å²) in [4.78, 5) is 15.9. The van der Waals surface area contributed by atoms with E-state index in [0.29, 0.717) is 18.8 Å². The monoisotopic (exact) mass is 248 g/mol. The van der Waals surface area contributed by atoms with Crippen molar-refractivity contribution in [2.75, 3.05) is 26.2 Å². The van der Waals surface area contributed by atoms with Gasteiger partial charge in [-0.15, -0.1) is 0 Å². The summed E-state index contributed by atoms with van der Waals surface area (Å²) in [5.74, 6) is -0.103. The van der Waals surface area contributed by atoms with Gasteiger partial charge >= 0.3 is 0 Å². The number of nitriles is 1. The number of rotatable bonds is 3. The van der Waals surface area contributed by atoms with Gasteiger partial charge in [0.15, 0.2) is 5.69 Å². The highest BCUT2D eigenvalue weighted by Gasteiger charge is 2.26. The zero-order valence-corrected chi connectivity index (χ0v) is 10.4. The van der Waals surface area contributed by atoms with Gasteiger partial charge in [-0.2, -0.15) is 5.26 Å². The Morgan fingerprint density at radius 2 is 2.28 bits per heavy atom. The third-order valence-corrected chi connectivity index (χ3v) is 3.23. The molecule has 0 N–H and O–H groups in total. The fraction of sp³-hybridized carbons (Fsp3) is 0.583. The molecule has 96 valence electrons. The third kappa shape index (κ3) is 2.51. The van der Waals surface area contributed by atoms with E-state index in [1.807, 2.05) is 6.92 Å². The minimum Gasteiger partial charge on any atom is -0.364 e. The molecular weight excluding hydrogens is 232 g/mol. The van der Waals surface area contributed by atoms with Crippen molar-refractivity contribution in [1.29, 1.82) is 5.26 Å². The van der Waals surface area contributed by atoms with E-state index < -0.39 is 0 Å². The van der Waals surface area contributed by atoms with Crippen LogP contribution in [0.25, 0.3) is 0 Å². The van der Waals surface area contributed by atoms with Crippen LogP contribution in [0.5, 0.6) is 0 Å². The molecule has 1 saturated heterocycles. The zero-order valence-electron chi connectivity index (χ0n) is 10.4. The first kappa shape index (κ1) is 12.6. The average molecular weight is 248 g/mol. The Hall–Kier alpha value is -1.87. The summed E-state index contributed by atoms with van der Waals surface area (Å²) < 4.78 is 4.67.